The van der Waals surface area contributed by atoms with Crippen LogP contribution in [0.3, 0.4) is 0 Å². The number of carbonyl (C=O) groups excluding carboxylic acids is 1. The molecule has 1 rings (SSSR count). The van der Waals surface area contributed by atoms with E-state index < -0.39 is 0 Å². The largest absolute Gasteiger partial charge is 2.00 e. The molecule has 58 valence electrons. The molecule has 0 atom stereocenters. The second-order valence-corrected chi connectivity index (χ2v) is 1.73. The van der Waals surface area contributed by atoms with Gasteiger partial charge in [0.2, 0.25) is 0 Å². The zero-order valence-corrected chi connectivity index (χ0v) is 8.91. The standard InChI is InChI=1S/C6H7N2O2.W/c1-10-6(9)4-8-3-2-7-5-8;/h2-3H,4H2,1H3;/q-1;+2. The second-order valence-electron chi connectivity index (χ2n) is 1.73. The topological polar surface area (TPSA) is 44.1 Å². The van der Waals surface area contributed by atoms with Gasteiger partial charge >= 0.3 is 27.0 Å². The molecule has 0 aromatic carbocycles. The van der Waals surface area contributed by atoms with Crippen LogP contribution >= 0.6 is 0 Å². The van der Waals surface area contributed by atoms with E-state index in [0.717, 1.165) is 0 Å². The molecule has 11 heavy (non-hydrogen) atoms. The molecule has 1 heterocycles. The van der Waals surface area contributed by atoms with Crippen molar-refractivity contribution in [3.63, 3.8) is 0 Å². The van der Waals surface area contributed by atoms with Crippen LogP contribution in [0.5, 0.6) is 0 Å². The molecule has 0 bridgehead atoms. The number of nitrogens with zero attached hydrogens (tertiary/aromatic N) is 2. The summed E-state index contributed by atoms with van der Waals surface area (Å²) in [7, 11) is 1.35. The number of hydrogen-bond acceptors (Lipinski definition) is 3. The number of ether oxygens (including phenoxy) is 1. The summed E-state index contributed by atoms with van der Waals surface area (Å²) in [5.41, 5.74) is 0. The second kappa shape index (κ2) is 5.08. The summed E-state index contributed by atoms with van der Waals surface area (Å²) < 4.78 is 5.94. The van der Waals surface area contributed by atoms with E-state index in [1.54, 1.807) is 12.4 Å². The van der Waals surface area contributed by atoms with Crippen LogP contribution in [0, 0.1) is 6.33 Å². The first-order chi connectivity index (χ1) is 4.83. The Morgan fingerprint density at radius 1 is 1.82 bits per heavy atom. The van der Waals surface area contributed by atoms with Gasteiger partial charge in [-0.05, 0) is 0 Å². The van der Waals surface area contributed by atoms with Gasteiger partial charge in [-0.25, -0.2) is 0 Å². The Morgan fingerprint density at radius 2 is 2.55 bits per heavy atom. The van der Waals surface area contributed by atoms with Gasteiger partial charge in [0.15, 0.2) is 0 Å². The summed E-state index contributed by atoms with van der Waals surface area (Å²) >= 11 is 0. The molecule has 1 aromatic heterocycles. The Morgan fingerprint density at radius 3 is 3.00 bits per heavy atom. The Balaban J connectivity index is 0.000001000. The molecular formula is C6H7N2O2W+. The molecule has 0 spiro atoms. The van der Waals surface area contributed by atoms with Gasteiger partial charge in [0.05, 0.1) is 13.7 Å². The molecule has 1 aromatic rings. The van der Waals surface area contributed by atoms with Gasteiger partial charge in [0.1, 0.15) is 0 Å². The van der Waals surface area contributed by atoms with Crippen molar-refractivity contribution in [1.29, 1.82) is 0 Å². The predicted octanol–water partition coefficient (Wildman–Crippen LogP) is -0.146. The van der Waals surface area contributed by atoms with E-state index >= 15 is 0 Å². The van der Waals surface area contributed by atoms with Crippen molar-refractivity contribution in [3.8, 4) is 0 Å². The maximum atomic E-state index is 10.6. The van der Waals surface area contributed by atoms with E-state index in [1.807, 2.05) is 0 Å². The number of carbonyl (C=O) groups is 1. The summed E-state index contributed by atoms with van der Waals surface area (Å²) in [5, 5.41) is 0. The third kappa shape index (κ3) is 3.32. The van der Waals surface area contributed by atoms with Crippen molar-refractivity contribution >= 4 is 5.97 Å². The fourth-order valence-corrected chi connectivity index (χ4v) is 0.546. The van der Waals surface area contributed by atoms with Gasteiger partial charge in [0, 0.05) is 6.33 Å². The van der Waals surface area contributed by atoms with Crippen LogP contribution in [-0.4, -0.2) is 22.6 Å². The van der Waals surface area contributed by atoms with Crippen molar-refractivity contribution in [1.82, 2.24) is 9.55 Å². The minimum Gasteiger partial charge on any atom is -0.468 e. The van der Waals surface area contributed by atoms with E-state index in [0.29, 0.717) is 0 Å². The van der Waals surface area contributed by atoms with Crippen LogP contribution in [0.1, 0.15) is 0 Å². The molecule has 4 nitrogen and oxygen atoms in total. The van der Waals surface area contributed by atoms with Gasteiger partial charge in [0.25, 0.3) is 0 Å². The molecule has 0 radical (unpaired) electrons. The van der Waals surface area contributed by atoms with Gasteiger partial charge in [-0.1, -0.05) is 0 Å². The number of imidazole rings is 1. The maximum absolute atomic E-state index is 10.6. The van der Waals surface area contributed by atoms with Crippen molar-refractivity contribution in [3.05, 3.63) is 18.7 Å². The average Bonchev–Trinajstić information content (AvgIpc) is 2.40. The monoisotopic (exact) mass is 323 g/mol. The van der Waals surface area contributed by atoms with Crippen LogP contribution in [-0.2, 0) is 37.1 Å². The first-order valence-electron chi connectivity index (χ1n) is 2.78. The van der Waals surface area contributed by atoms with Crippen LogP contribution in [0.15, 0.2) is 12.4 Å². The predicted molar refractivity (Wildman–Crippen MR) is 33.1 cm³/mol. The number of aromatic nitrogens is 2. The van der Waals surface area contributed by atoms with E-state index in [2.05, 4.69) is 16.0 Å². The Kier molecular flexibility index (Phi) is 4.78. The molecular weight excluding hydrogens is 316 g/mol. The van der Waals surface area contributed by atoms with Crippen LogP contribution in [0.4, 0.5) is 0 Å². The van der Waals surface area contributed by atoms with E-state index in [1.165, 1.54) is 11.7 Å². The van der Waals surface area contributed by atoms with Crippen LogP contribution in [0.25, 0.3) is 0 Å². The Hall–Kier alpha value is -0.632. The third-order valence-electron chi connectivity index (χ3n) is 1.03. The quantitative estimate of drug-likeness (QED) is 0.562. The summed E-state index contributed by atoms with van der Waals surface area (Å²) in [6.07, 6.45) is 5.78. The van der Waals surface area contributed by atoms with E-state index in [9.17, 15) is 4.79 Å². The Bertz CT molecular complexity index is 210. The van der Waals surface area contributed by atoms with Crippen molar-refractivity contribution < 1.29 is 30.6 Å². The minimum absolute atomic E-state index is 0. The molecule has 0 aliphatic rings. The molecule has 0 amide bonds. The first-order valence-corrected chi connectivity index (χ1v) is 2.78. The summed E-state index contributed by atoms with van der Waals surface area (Å²) in [6, 6.07) is 0. The number of esters is 1. The smallest absolute Gasteiger partial charge is 0.468 e. The first kappa shape index (κ1) is 10.4. The summed E-state index contributed by atoms with van der Waals surface area (Å²) in [4.78, 5) is 14.2. The van der Waals surface area contributed by atoms with E-state index in [-0.39, 0.29) is 33.6 Å². The molecule has 0 saturated heterocycles. The third-order valence-corrected chi connectivity index (χ3v) is 1.03. The van der Waals surface area contributed by atoms with Crippen molar-refractivity contribution in [2.45, 2.75) is 6.54 Å². The number of hydrogen-bond donors (Lipinski definition) is 0. The normalized spacial score (nSPS) is 8.45. The molecule has 0 saturated carbocycles. The van der Waals surface area contributed by atoms with Crippen LogP contribution in [0.2, 0.25) is 0 Å². The van der Waals surface area contributed by atoms with E-state index in [4.69, 9.17) is 0 Å². The SMILES string of the molecule is COC(=O)Cn1[c-]ncc1.[W+2]. The Labute approximate surface area is 78.8 Å². The number of methoxy groups -OCH3 is 1. The van der Waals surface area contributed by atoms with Crippen molar-refractivity contribution in [2.24, 2.45) is 0 Å². The molecule has 0 N–H and O–H groups in total. The minimum atomic E-state index is -0.297. The fourth-order valence-electron chi connectivity index (χ4n) is 0.546. The maximum Gasteiger partial charge on any atom is 2.00 e. The zero-order valence-electron chi connectivity index (χ0n) is 5.98. The van der Waals surface area contributed by atoms with Crippen LogP contribution < -0.4 is 0 Å². The molecule has 5 heteroatoms. The molecule has 0 unspecified atom stereocenters. The summed E-state index contributed by atoms with van der Waals surface area (Å²) in [5.74, 6) is -0.297. The van der Waals surface area contributed by atoms with Crippen molar-refractivity contribution in [2.75, 3.05) is 7.11 Å². The molecule has 0 aliphatic heterocycles. The van der Waals surface area contributed by atoms with Gasteiger partial charge in [-0.15, -0.1) is 12.4 Å². The zero-order chi connectivity index (χ0) is 7.40. The number of rotatable bonds is 2. The molecule has 0 fully saturated rings. The average molecular weight is 323 g/mol. The summed E-state index contributed by atoms with van der Waals surface area (Å²) in [6.45, 7) is 0.177. The van der Waals surface area contributed by atoms with Gasteiger partial charge in [-0.2, -0.15) is 0 Å². The van der Waals surface area contributed by atoms with Gasteiger partial charge < -0.3 is 14.3 Å². The van der Waals surface area contributed by atoms with Gasteiger partial charge in [-0.3, -0.25) is 4.79 Å². The molecule has 0 aliphatic carbocycles. The fraction of sp³-hybridized carbons (Fsp3) is 0.333.